The molecule has 0 amide bonds. The molecule has 0 heteroatoms. The molecule has 0 saturated carbocycles. The molecule has 0 heterocycles. The summed E-state index contributed by atoms with van der Waals surface area (Å²) in [6.07, 6.45) is 10.2. The molecule has 0 aromatic carbocycles. The van der Waals surface area contributed by atoms with Crippen molar-refractivity contribution in [2.45, 2.75) is 39.5 Å². The van der Waals surface area contributed by atoms with Crippen LogP contribution >= 0.6 is 0 Å². The molecule has 1 atom stereocenters. The number of rotatable bonds is 3. The molecule has 0 nitrogen and oxygen atoms in total. The van der Waals surface area contributed by atoms with Crippen molar-refractivity contribution in [1.82, 2.24) is 0 Å². The van der Waals surface area contributed by atoms with Crippen LogP contribution < -0.4 is 0 Å². The van der Waals surface area contributed by atoms with E-state index >= 15 is 0 Å². The minimum atomic E-state index is 0.912. The molecule has 1 aliphatic rings. The van der Waals surface area contributed by atoms with Gasteiger partial charge in [0.05, 0.1) is 0 Å². The van der Waals surface area contributed by atoms with E-state index < -0.39 is 0 Å². The Morgan fingerprint density at radius 2 is 2.10 bits per heavy atom. The van der Waals surface area contributed by atoms with Crippen molar-refractivity contribution >= 4 is 0 Å². The van der Waals surface area contributed by atoms with Gasteiger partial charge in [-0.1, -0.05) is 38.8 Å². The maximum atomic E-state index is 2.41. The van der Waals surface area contributed by atoms with Gasteiger partial charge >= 0.3 is 0 Å². The molecule has 1 rings (SSSR count). The summed E-state index contributed by atoms with van der Waals surface area (Å²) in [5, 5.41) is 0. The van der Waals surface area contributed by atoms with E-state index in [0.717, 1.165) is 11.8 Å². The fraction of sp³-hybridized carbons (Fsp3) is 0.800. The van der Waals surface area contributed by atoms with Crippen LogP contribution in [0.3, 0.4) is 0 Å². The fourth-order valence-electron chi connectivity index (χ4n) is 1.94. The molecular formula is C10H18. The van der Waals surface area contributed by atoms with Gasteiger partial charge in [0.25, 0.3) is 0 Å². The van der Waals surface area contributed by atoms with Gasteiger partial charge in [-0.15, -0.1) is 0 Å². The minimum absolute atomic E-state index is 0.912. The monoisotopic (exact) mass is 138 g/mol. The predicted molar refractivity (Wildman–Crippen MR) is 45.9 cm³/mol. The second-order valence-corrected chi connectivity index (χ2v) is 3.25. The average Bonchev–Trinajstić information content (AvgIpc) is 2.43. The summed E-state index contributed by atoms with van der Waals surface area (Å²) in [6.45, 7) is 4.61. The molecule has 1 unspecified atom stereocenters. The topological polar surface area (TPSA) is 0 Å². The lowest BCUT2D eigenvalue weighted by molar-refractivity contribution is 0.367. The molecule has 0 bridgehead atoms. The summed E-state index contributed by atoms with van der Waals surface area (Å²) in [5.74, 6) is 1.87. The van der Waals surface area contributed by atoms with E-state index in [1.54, 1.807) is 0 Å². The molecule has 0 spiro atoms. The highest BCUT2D eigenvalue weighted by molar-refractivity contribution is 4.98. The van der Waals surface area contributed by atoms with Crippen LogP contribution in [0.1, 0.15) is 39.5 Å². The molecule has 1 aliphatic carbocycles. The van der Waals surface area contributed by atoms with Crippen LogP contribution in [0.15, 0.2) is 12.2 Å². The zero-order valence-corrected chi connectivity index (χ0v) is 7.14. The van der Waals surface area contributed by atoms with Crippen LogP contribution in [0, 0.1) is 11.8 Å². The second-order valence-electron chi connectivity index (χ2n) is 3.25. The van der Waals surface area contributed by atoms with Crippen molar-refractivity contribution in [3.05, 3.63) is 12.2 Å². The van der Waals surface area contributed by atoms with Crippen LogP contribution in [0.4, 0.5) is 0 Å². The minimum Gasteiger partial charge on any atom is -0.0882 e. The molecule has 0 fully saturated rings. The van der Waals surface area contributed by atoms with E-state index in [1.807, 2.05) is 0 Å². The molecule has 10 heavy (non-hydrogen) atoms. The van der Waals surface area contributed by atoms with Gasteiger partial charge in [-0.2, -0.15) is 0 Å². The molecular weight excluding hydrogens is 120 g/mol. The van der Waals surface area contributed by atoms with Crippen molar-refractivity contribution in [3.8, 4) is 0 Å². The summed E-state index contributed by atoms with van der Waals surface area (Å²) in [6, 6.07) is 0. The zero-order valence-electron chi connectivity index (χ0n) is 7.14. The van der Waals surface area contributed by atoms with Crippen LogP contribution in [-0.4, -0.2) is 0 Å². The highest BCUT2D eigenvalue weighted by atomic mass is 14.2. The summed E-state index contributed by atoms with van der Waals surface area (Å²) in [5.41, 5.74) is 0. The first-order valence-corrected chi connectivity index (χ1v) is 4.55. The van der Waals surface area contributed by atoms with Gasteiger partial charge < -0.3 is 0 Å². The Bertz CT molecular complexity index is 109. The maximum Gasteiger partial charge on any atom is -0.0202 e. The molecule has 0 N–H and O–H groups in total. The molecule has 0 aromatic rings. The first-order valence-electron chi connectivity index (χ1n) is 4.55. The third-order valence-electron chi connectivity index (χ3n) is 2.70. The Hall–Kier alpha value is -0.260. The predicted octanol–water partition coefficient (Wildman–Crippen LogP) is 3.39. The van der Waals surface area contributed by atoms with Crippen LogP contribution in [0.25, 0.3) is 0 Å². The lowest BCUT2D eigenvalue weighted by Crippen LogP contribution is -2.07. The van der Waals surface area contributed by atoms with Gasteiger partial charge in [0.15, 0.2) is 0 Å². The number of allylic oxidation sites excluding steroid dienone is 2. The van der Waals surface area contributed by atoms with E-state index in [9.17, 15) is 0 Å². The van der Waals surface area contributed by atoms with Crippen LogP contribution in [0.5, 0.6) is 0 Å². The van der Waals surface area contributed by atoms with E-state index in [0.29, 0.717) is 0 Å². The Morgan fingerprint density at radius 1 is 1.40 bits per heavy atom. The van der Waals surface area contributed by atoms with Crippen molar-refractivity contribution in [3.63, 3.8) is 0 Å². The normalized spacial score (nSPS) is 24.5. The number of hydrogen-bond acceptors (Lipinski definition) is 0. The maximum absolute atomic E-state index is 2.41. The van der Waals surface area contributed by atoms with E-state index in [-0.39, 0.29) is 0 Å². The van der Waals surface area contributed by atoms with Crippen molar-refractivity contribution in [1.29, 1.82) is 0 Å². The van der Waals surface area contributed by atoms with Crippen LogP contribution in [-0.2, 0) is 0 Å². The van der Waals surface area contributed by atoms with Gasteiger partial charge in [0, 0.05) is 0 Å². The standard InChI is InChI=1S/C10H18/c1-3-9(4-2)10-7-5-6-8-10/h5,7,9-10H,3-4,6,8H2,1-2H3. The van der Waals surface area contributed by atoms with Crippen molar-refractivity contribution in [2.75, 3.05) is 0 Å². The number of hydrogen-bond donors (Lipinski definition) is 0. The Morgan fingerprint density at radius 3 is 2.50 bits per heavy atom. The van der Waals surface area contributed by atoms with Gasteiger partial charge in [-0.3, -0.25) is 0 Å². The van der Waals surface area contributed by atoms with E-state index in [2.05, 4.69) is 26.0 Å². The SMILES string of the molecule is CCC(CC)C1C=CCC1. The summed E-state index contributed by atoms with van der Waals surface area (Å²) < 4.78 is 0. The highest BCUT2D eigenvalue weighted by Crippen LogP contribution is 2.29. The summed E-state index contributed by atoms with van der Waals surface area (Å²) >= 11 is 0. The first-order chi connectivity index (χ1) is 4.88. The lowest BCUT2D eigenvalue weighted by Gasteiger charge is -2.18. The quantitative estimate of drug-likeness (QED) is 0.524. The molecule has 0 saturated heterocycles. The largest absolute Gasteiger partial charge is 0.0882 e. The Kier molecular flexibility index (Phi) is 2.98. The smallest absolute Gasteiger partial charge is 0.0202 e. The van der Waals surface area contributed by atoms with Gasteiger partial charge in [0.2, 0.25) is 0 Å². The van der Waals surface area contributed by atoms with Crippen LogP contribution in [0.2, 0.25) is 0 Å². The molecule has 58 valence electrons. The molecule has 0 aliphatic heterocycles. The van der Waals surface area contributed by atoms with E-state index in [1.165, 1.54) is 25.7 Å². The third-order valence-corrected chi connectivity index (χ3v) is 2.70. The molecule has 0 radical (unpaired) electrons. The van der Waals surface area contributed by atoms with Gasteiger partial charge in [0.1, 0.15) is 0 Å². The van der Waals surface area contributed by atoms with Crippen molar-refractivity contribution in [2.24, 2.45) is 11.8 Å². The van der Waals surface area contributed by atoms with E-state index in [4.69, 9.17) is 0 Å². The summed E-state index contributed by atoms with van der Waals surface area (Å²) in [4.78, 5) is 0. The lowest BCUT2D eigenvalue weighted by atomic mass is 9.88. The first kappa shape index (κ1) is 7.84. The van der Waals surface area contributed by atoms with Gasteiger partial charge in [-0.25, -0.2) is 0 Å². The zero-order chi connectivity index (χ0) is 7.40. The molecule has 0 aromatic heterocycles. The van der Waals surface area contributed by atoms with Crippen molar-refractivity contribution < 1.29 is 0 Å². The van der Waals surface area contributed by atoms with Gasteiger partial charge in [-0.05, 0) is 24.7 Å². The second kappa shape index (κ2) is 3.80. The Labute approximate surface area is 64.3 Å². The third kappa shape index (κ3) is 1.62. The Balaban J connectivity index is 2.37. The fourth-order valence-corrected chi connectivity index (χ4v) is 1.94. The summed E-state index contributed by atoms with van der Waals surface area (Å²) in [7, 11) is 0. The average molecular weight is 138 g/mol. The highest BCUT2D eigenvalue weighted by Gasteiger charge is 2.17.